The van der Waals surface area contributed by atoms with Crippen LogP contribution in [0, 0.1) is 5.92 Å². The number of hydrogen-bond donors (Lipinski definition) is 2. The van der Waals surface area contributed by atoms with Gasteiger partial charge < -0.3 is 15.5 Å². The van der Waals surface area contributed by atoms with E-state index in [0.717, 1.165) is 18.9 Å². The van der Waals surface area contributed by atoms with Crippen LogP contribution < -0.4 is 15.5 Å². The number of anilines is 1. The van der Waals surface area contributed by atoms with Crippen LogP contribution in [0.1, 0.15) is 30.6 Å². The molecule has 2 N–H and O–H groups in total. The van der Waals surface area contributed by atoms with Crippen molar-refractivity contribution in [2.45, 2.75) is 26.2 Å². The molecule has 5 nitrogen and oxygen atoms in total. The minimum Gasteiger partial charge on any atom is -0.357 e. The molecule has 2 heterocycles. The summed E-state index contributed by atoms with van der Waals surface area (Å²) in [6.07, 6.45) is 1.84. The van der Waals surface area contributed by atoms with Crippen LogP contribution in [0.25, 0.3) is 0 Å². The van der Waals surface area contributed by atoms with Gasteiger partial charge in [-0.25, -0.2) is 13.8 Å². The van der Waals surface area contributed by atoms with Gasteiger partial charge in [0.1, 0.15) is 5.82 Å². The van der Waals surface area contributed by atoms with Crippen molar-refractivity contribution in [2.75, 3.05) is 37.6 Å². The highest BCUT2D eigenvalue weighted by Crippen LogP contribution is 2.28. The van der Waals surface area contributed by atoms with Crippen molar-refractivity contribution < 1.29 is 13.6 Å². The van der Waals surface area contributed by atoms with Crippen LogP contribution >= 0.6 is 0 Å². The van der Waals surface area contributed by atoms with E-state index in [0.29, 0.717) is 18.5 Å². The number of nitrogens with one attached hydrogen (secondary N) is 2. The first kappa shape index (κ1) is 17.6. The molecule has 2 rings (SSSR count). The molecule has 1 aromatic rings. The van der Waals surface area contributed by atoms with Crippen LogP contribution in [-0.4, -0.2) is 49.5 Å². The molecule has 1 unspecified atom stereocenters. The van der Waals surface area contributed by atoms with E-state index in [1.54, 1.807) is 12.1 Å². The molecule has 0 aliphatic carbocycles. The predicted octanol–water partition coefficient (Wildman–Crippen LogP) is 1.90. The molecule has 1 amide bonds. The number of halogens is 2. The molecule has 0 saturated carbocycles. The molecule has 1 fully saturated rings. The van der Waals surface area contributed by atoms with Gasteiger partial charge in [-0.3, -0.25) is 4.79 Å². The van der Waals surface area contributed by atoms with Gasteiger partial charge >= 0.3 is 0 Å². The van der Waals surface area contributed by atoms with E-state index in [2.05, 4.69) is 20.5 Å². The summed E-state index contributed by atoms with van der Waals surface area (Å²) in [5, 5.41) is 5.28. The van der Waals surface area contributed by atoms with E-state index in [1.807, 2.05) is 13.8 Å². The van der Waals surface area contributed by atoms with Crippen LogP contribution in [0.15, 0.2) is 18.3 Å². The minimum absolute atomic E-state index is 0.0225. The molecule has 0 aromatic carbocycles. The van der Waals surface area contributed by atoms with Gasteiger partial charge in [0.2, 0.25) is 0 Å². The average Bonchev–Trinajstić information content (AvgIpc) is 2.55. The largest absolute Gasteiger partial charge is 0.357 e. The predicted molar refractivity (Wildman–Crippen MR) is 86.1 cm³/mol. The molecule has 0 bridgehead atoms. The third kappa shape index (κ3) is 4.37. The number of piperidine rings is 1. The number of hydrogen-bond acceptors (Lipinski definition) is 4. The van der Waals surface area contributed by atoms with Crippen LogP contribution in [0.5, 0.6) is 0 Å². The summed E-state index contributed by atoms with van der Waals surface area (Å²) in [7, 11) is 0. The molecule has 1 aliphatic heterocycles. The highest BCUT2D eigenvalue weighted by atomic mass is 19.3. The molecule has 1 aliphatic rings. The topological polar surface area (TPSA) is 57.3 Å². The van der Waals surface area contributed by atoms with E-state index in [9.17, 15) is 13.6 Å². The first-order chi connectivity index (χ1) is 11.0. The fourth-order valence-electron chi connectivity index (χ4n) is 2.71. The summed E-state index contributed by atoms with van der Waals surface area (Å²) in [5.74, 6) is -3.17. The second-order valence-corrected chi connectivity index (χ2v) is 5.71. The second-order valence-electron chi connectivity index (χ2n) is 5.71. The summed E-state index contributed by atoms with van der Waals surface area (Å²) in [5.41, 5.74) is 0.387. The number of aromatic nitrogens is 1. The fourth-order valence-corrected chi connectivity index (χ4v) is 2.71. The van der Waals surface area contributed by atoms with E-state index in [4.69, 9.17) is 0 Å². The number of alkyl halides is 2. The van der Waals surface area contributed by atoms with Gasteiger partial charge in [0.25, 0.3) is 11.8 Å². The lowest BCUT2D eigenvalue weighted by molar-refractivity contribution is -0.0712. The zero-order valence-corrected chi connectivity index (χ0v) is 13.6. The molecule has 0 radical (unpaired) electrons. The lowest BCUT2D eigenvalue weighted by Crippen LogP contribution is -2.50. The molecule has 128 valence electrons. The maximum Gasteiger partial charge on any atom is 0.264 e. The highest BCUT2D eigenvalue weighted by molar-refractivity contribution is 5.94. The van der Waals surface area contributed by atoms with Crippen molar-refractivity contribution in [3.63, 3.8) is 0 Å². The number of pyridine rings is 1. The normalized spacial score (nSPS) is 20.1. The monoisotopic (exact) mass is 326 g/mol. The summed E-state index contributed by atoms with van der Waals surface area (Å²) in [6, 6.07) is 3.46. The lowest BCUT2D eigenvalue weighted by Gasteiger charge is -2.31. The standard InChI is InChI=1S/C16H24F2N4O/c1-3-22(4-2)14-6-5-12(9-20-14)15(23)21-10-13-7-8-19-11-16(13,17)18/h5-6,9,13,19H,3-4,7-8,10-11H2,1-2H3,(H,21,23). The van der Waals surface area contributed by atoms with Crippen molar-refractivity contribution in [2.24, 2.45) is 5.92 Å². The van der Waals surface area contributed by atoms with Crippen molar-refractivity contribution >= 4 is 11.7 Å². The Hall–Kier alpha value is -1.76. The lowest BCUT2D eigenvalue weighted by atomic mass is 9.94. The minimum atomic E-state index is -2.78. The smallest absolute Gasteiger partial charge is 0.264 e. The Morgan fingerprint density at radius 2 is 2.17 bits per heavy atom. The van der Waals surface area contributed by atoms with Crippen LogP contribution in [0.3, 0.4) is 0 Å². The third-order valence-electron chi connectivity index (χ3n) is 4.23. The van der Waals surface area contributed by atoms with Gasteiger partial charge in [-0.05, 0) is 38.9 Å². The van der Waals surface area contributed by atoms with Crippen LogP contribution in [-0.2, 0) is 0 Å². The molecule has 7 heteroatoms. The number of carbonyl (C=O) groups excluding carboxylic acids is 1. The van der Waals surface area contributed by atoms with Crippen molar-refractivity contribution in [3.05, 3.63) is 23.9 Å². The zero-order chi connectivity index (χ0) is 16.9. The maximum atomic E-state index is 13.7. The molecule has 0 spiro atoms. The fraction of sp³-hybridized carbons (Fsp3) is 0.625. The zero-order valence-electron chi connectivity index (χ0n) is 13.6. The first-order valence-corrected chi connectivity index (χ1v) is 8.05. The third-order valence-corrected chi connectivity index (χ3v) is 4.23. The number of carbonyl (C=O) groups is 1. The van der Waals surface area contributed by atoms with Gasteiger partial charge in [0.15, 0.2) is 0 Å². The van der Waals surface area contributed by atoms with Crippen molar-refractivity contribution in [1.29, 1.82) is 0 Å². The summed E-state index contributed by atoms with van der Waals surface area (Å²) in [6.45, 7) is 5.94. The molecule has 1 saturated heterocycles. The van der Waals surface area contributed by atoms with Gasteiger partial charge in [0.05, 0.1) is 12.1 Å². The summed E-state index contributed by atoms with van der Waals surface area (Å²) < 4.78 is 27.4. The van der Waals surface area contributed by atoms with Gasteiger partial charge in [-0.2, -0.15) is 0 Å². The van der Waals surface area contributed by atoms with E-state index < -0.39 is 11.8 Å². The Kier molecular flexibility index (Phi) is 5.87. The Morgan fingerprint density at radius 1 is 1.43 bits per heavy atom. The Labute approximate surface area is 135 Å². The van der Waals surface area contributed by atoms with Crippen molar-refractivity contribution in [1.82, 2.24) is 15.6 Å². The average molecular weight is 326 g/mol. The molecule has 23 heavy (non-hydrogen) atoms. The number of rotatable bonds is 6. The quantitative estimate of drug-likeness (QED) is 0.838. The number of amides is 1. The number of nitrogens with zero attached hydrogens (tertiary/aromatic N) is 2. The Balaban J connectivity index is 1.93. The van der Waals surface area contributed by atoms with E-state index >= 15 is 0 Å². The molecular weight excluding hydrogens is 302 g/mol. The first-order valence-electron chi connectivity index (χ1n) is 8.05. The summed E-state index contributed by atoms with van der Waals surface area (Å²) in [4.78, 5) is 18.4. The Bertz CT molecular complexity index is 517. The second kappa shape index (κ2) is 7.68. The van der Waals surface area contributed by atoms with E-state index in [1.165, 1.54) is 6.20 Å². The maximum absolute atomic E-state index is 13.7. The molecule has 1 aromatic heterocycles. The Morgan fingerprint density at radius 3 is 2.74 bits per heavy atom. The van der Waals surface area contributed by atoms with E-state index in [-0.39, 0.29) is 19.0 Å². The molecule has 1 atom stereocenters. The SMILES string of the molecule is CCN(CC)c1ccc(C(=O)NCC2CCNCC2(F)F)cn1. The van der Waals surface area contributed by atoms with Gasteiger partial charge in [-0.15, -0.1) is 0 Å². The summed E-state index contributed by atoms with van der Waals surface area (Å²) >= 11 is 0. The highest BCUT2D eigenvalue weighted by Gasteiger charge is 2.41. The molecular formula is C16H24F2N4O. The van der Waals surface area contributed by atoms with Crippen LogP contribution in [0.4, 0.5) is 14.6 Å². The van der Waals surface area contributed by atoms with Gasteiger partial charge in [0, 0.05) is 31.7 Å². The van der Waals surface area contributed by atoms with Gasteiger partial charge in [-0.1, -0.05) is 0 Å². The van der Waals surface area contributed by atoms with Crippen LogP contribution in [0.2, 0.25) is 0 Å². The van der Waals surface area contributed by atoms with Crippen molar-refractivity contribution in [3.8, 4) is 0 Å².